The van der Waals surface area contributed by atoms with Crippen molar-refractivity contribution in [2.45, 2.75) is 51.7 Å². The number of piperidine rings is 1. The molecule has 2 atom stereocenters. The van der Waals surface area contributed by atoms with Gasteiger partial charge in [0, 0.05) is 18.7 Å². The molecule has 4 rings (SSSR count). The molecule has 1 saturated heterocycles. The molecule has 6 heteroatoms. The van der Waals surface area contributed by atoms with Crippen LogP contribution in [0.2, 0.25) is 0 Å². The molecule has 2 heterocycles. The third-order valence-corrected chi connectivity index (χ3v) is 7.11. The maximum atomic E-state index is 9.35. The summed E-state index contributed by atoms with van der Waals surface area (Å²) in [5.41, 5.74) is 4.32. The molecule has 0 bridgehead atoms. The molecule has 0 amide bonds. The second-order valence-corrected chi connectivity index (χ2v) is 10.00. The Hall–Kier alpha value is -2.62. The van der Waals surface area contributed by atoms with Gasteiger partial charge in [0.1, 0.15) is 5.76 Å². The van der Waals surface area contributed by atoms with Gasteiger partial charge in [-0.05, 0) is 82.9 Å². The zero-order valence-electron chi connectivity index (χ0n) is 20.9. The molecule has 1 aromatic rings. The van der Waals surface area contributed by atoms with Crippen LogP contribution >= 0.6 is 0 Å². The minimum Gasteiger partial charge on any atom is -0.493 e. The maximum absolute atomic E-state index is 9.35. The van der Waals surface area contributed by atoms with Crippen LogP contribution in [-0.2, 0) is 16.1 Å². The number of nitrogens with zero attached hydrogens (tertiary/aromatic N) is 4. The topological polar surface area (TPSA) is 61.1 Å². The predicted octanol–water partition coefficient (Wildman–Crippen LogP) is 4.73. The van der Waals surface area contributed by atoms with Crippen LogP contribution in [0.25, 0.3) is 0 Å². The minimum absolute atomic E-state index is 0.0312. The number of allylic oxidation sites excluding steroid dienone is 1. The summed E-state index contributed by atoms with van der Waals surface area (Å²) in [6, 6.07) is 10.3. The lowest BCUT2D eigenvalue weighted by Gasteiger charge is -2.32. The van der Waals surface area contributed by atoms with Crippen molar-refractivity contribution in [3.63, 3.8) is 0 Å². The van der Waals surface area contributed by atoms with Crippen LogP contribution in [0, 0.1) is 23.2 Å². The van der Waals surface area contributed by atoms with Crippen LogP contribution in [0.1, 0.15) is 50.2 Å². The largest absolute Gasteiger partial charge is 0.493 e. The van der Waals surface area contributed by atoms with Gasteiger partial charge in [0.05, 0.1) is 29.9 Å². The molecule has 2 unspecified atom stereocenters. The second kappa shape index (κ2) is 11.7. The lowest BCUT2D eigenvalue weighted by molar-refractivity contribution is 0.0833. The smallest absolute Gasteiger partial charge is 0.165 e. The first-order valence-corrected chi connectivity index (χ1v) is 12.7. The van der Waals surface area contributed by atoms with Crippen LogP contribution in [0.3, 0.4) is 0 Å². The van der Waals surface area contributed by atoms with Crippen LogP contribution in [-0.4, -0.2) is 62.0 Å². The Labute approximate surface area is 204 Å². The van der Waals surface area contributed by atoms with Crippen molar-refractivity contribution in [2.75, 3.05) is 40.3 Å². The SMILES string of the molecule is CCCOC1=C(CN(C)C)C2ON=C(CCC3CCN(Cc4ccccc4C#N)CC3)C2C=C1. The molecular formula is C28H38N4O2. The molecule has 0 spiro atoms. The first-order valence-electron chi connectivity index (χ1n) is 12.7. The van der Waals surface area contributed by atoms with Gasteiger partial charge in [0.2, 0.25) is 0 Å². The summed E-state index contributed by atoms with van der Waals surface area (Å²) >= 11 is 0. The number of rotatable bonds is 10. The third-order valence-electron chi connectivity index (χ3n) is 7.11. The Morgan fingerprint density at radius 3 is 2.76 bits per heavy atom. The van der Waals surface area contributed by atoms with Crippen molar-refractivity contribution in [3.05, 3.63) is 58.9 Å². The lowest BCUT2D eigenvalue weighted by atomic mass is 9.83. The van der Waals surface area contributed by atoms with Crippen molar-refractivity contribution in [3.8, 4) is 6.07 Å². The number of fused-ring (bicyclic) bond motifs is 1. The maximum Gasteiger partial charge on any atom is 0.165 e. The van der Waals surface area contributed by atoms with Crippen LogP contribution < -0.4 is 0 Å². The highest BCUT2D eigenvalue weighted by atomic mass is 16.6. The van der Waals surface area contributed by atoms with E-state index in [2.05, 4.69) is 60.3 Å². The predicted molar refractivity (Wildman–Crippen MR) is 135 cm³/mol. The number of oxime groups is 1. The average Bonchev–Trinajstić information content (AvgIpc) is 3.26. The van der Waals surface area contributed by atoms with E-state index in [4.69, 9.17) is 9.57 Å². The van der Waals surface area contributed by atoms with Crippen LogP contribution in [0.15, 0.2) is 52.9 Å². The number of likely N-dealkylation sites (N-methyl/N-ethyl adjacent to an activating group) is 1. The van der Waals surface area contributed by atoms with E-state index in [1.54, 1.807) is 0 Å². The van der Waals surface area contributed by atoms with E-state index in [1.165, 1.54) is 24.1 Å². The van der Waals surface area contributed by atoms with Crippen molar-refractivity contribution >= 4 is 5.71 Å². The van der Waals surface area contributed by atoms with Crippen molar-refractivity contribution < 1.29 is 9.57 Å². The Kier molecular flexibility index (Phi) is 8.42. The highest BCUT2D eigenvalue weighted by Gasteiger charge is 2.39. The van der Waals surface area contributed by atoms with Gasteiger partial charge in [0.15, 0.2) is 6.10 Å². The summed E-state index contributed by atoms with van der Waals surface area (Å²) in [5, 5.41) is 13.9. The molecular weight excluding hydrogens is 424 g/mol. The van der Waals surface area contributed by atoms with Gasteiger partial charge in [-0.25, -0.2) is 0 Å². The summed E-state index contributed by atoms with van der Waals surface area (Å²) in [5.74, 6) is 1.90. The van der Waals surface area contributed by atoms with Crippen LogP contribution in [0.5, 0.6) is 0 Å². The second-order valence-electron chi connectivity index (χ2n) is 10.00. The summed E-state index contributed by atoms with van der Waals surface area (Å²) in [6.07, 6.45) is 9.89. The molecule has 2 aliphatic heterocycles. The Bertz CT molecular complexity index is 967. The van der Waals surface area contributed by atoms with Crippen LogP contribution in [0.4, 0.5) is 0 Å². The van der Waals surface area contributed by atoms with Crippen molar-refractivity contribution in [1.82, 2.24) is 9.80 Å². The number of ether oxygens (including phenoxy) is 1. The Balaban J connectivity index is 1.27. The lowest BCUT2D eigenvalue weighted by Crippen LogP contribution is -2.34. The van der Waals surface area contributed by atoms with Gasteiger partial charge in [-0.15, -0.1) is 0 Å². The summed E-state index contributed by atoms with van der Waals surface area (Å²) in [6.45, 7) is 6.73. The molecule has 0 N–H and O–H groups in total. The highest BCUT2D eigenvalue weighted by Crippen LogP contribution is 2.35. The standard InChI is InChI=1S/C28H38N4O2/c1-4-17-33-27-12-10-24-26(30-34-28(24)25(27)20-31(2)3)11-9-21-13-15-32(16-14-21)19-23-8-6-5-7-22(23)18-29/h5-8,10,12,21,24,28H,4,9,11,13-17,19-20H2,1-3H3. The molecule has 0 saturated carbocycles. The van der Waals surface area contributed by atoms with E-state index in [1.807, 2.05) is 18.2 Å². The van der Waals surface area contributed by atoms with Gasteiger partial charge in [-0.1, -0.05) is 36.4 Å². The van der Waals surface area contributed by atoms with E-state index >= 15 is 0 Å². The minimum atomic E-state index is -0.0312. The number of likely N-dealkylation sites (tertiary alicyclic amines) is 1. The zero-order chi connectivity index (χ0) is 23.9. The molecule has 3 aliphatic rings. The van der Waals surface area contributed by atoms with Gasteiger partial charge >= 0.3 is 0 Å². The number of hydrogen-bond donors (Lipinski definition) is 0. The quantitative estimate of drug-likeness (QED) is 0.503. The number of nitriles is 1. The van der Waals surface area contributed by atoms with Gasteiger partial charge < -0.3 is 14.5 Å². The zero-order valence-corrected chi connectivity index (χ0v) is 20.9. The van der Waals surface area contributed by atoms with E-state index in [0.29, 0.717) is 0 Å². The first kappa shape index (κ1) is 24.5. The molecule has 0 radical (unpaired) electrons. The summed E-state index contributed by atoms with van der Waals surface area (Å²) in [4.78, 5) is 10.6. The van der Waals surface area contributed by atoms with E-state index in [-0.39, 0.29) is 12.0 Å². The van der Waals surface area contributed by atoms with Crippen molar-refractivity contribution in [1.29, 1.82) is 5.26 Å². The number of hydrogen-bond acceptors (Lipinski definition) is 6. The van der Waals surface area contributed by atoms with E-state index in [9.17, 15) is 5.26 Å². The number of benzene rings is 1. The van der Waals surface area contributed by atoms with Gasteiger partial charge in [-0.3, -0.25) is 4.90 Å². The molecule has 182 valence electrons. The van der Waals surface area contributed by atoms with Gasteiger partial charge in [0.25, 0.3) is 0 Å². The molecule has 34 heavy (non-hydrogen) atoms. The normalized spacial score (nSPS) is 23.0. The molecule has 6 nitrogen and oxygen atoms in total. The third kappa shape index (κ3) is 5.89. The monoisotopic (exact) mass is 462 g/mol. The fourth-order valence-electron chi connectivity index (χ4n) is 5.22. The van der Waals surface area contributed by atoms with E-state index in [0.717, 1.165) is 74.9 Å². The first-order chi connectivity index (χ1) is 16.6. The molecule has 1 fully saturated rings. The van der Waals surface area contributed by atoms with Gasteiger partial charge in [-0.2, -0.15) is 5.26 Å². The molecule has 1 aliphatic carbocycles. The summed E-state index contributed by atoms with van der Waals surface area (Å²) < 4.78 is 6.02. The van der Waals surface area contributed by atoms with Crippen molar-refractivity contribution in [2.24, 2.45) is 17.0 Å². The average molecular weight is 463 g/mol. The molecule has 0 aromatic heterocycles. The molecule has 1 aromatic carbocycles. The Morgan fingerprint density at radius 2 is 2.03 bits per heavy atom. The summed E-state index contributed by atoms with van der Waals surface area (Å²) in [7, 11) is 4.17. The Morgan fingerprint density at radius 1 is 1.24 bits per heavy atom. The fraction of sp³-hybridized carbons (Fsp3) is 0.571. The van der Waals surface area contributed by atoms with E-state index < -0.39 is 0 Å². The highest BCUT2D eigenvalue weighted by molar-refractivity contribution is 5.90. The fourth-order valence-corrected chi connectivity index (χ4v) is 5.22.